The number of benzene rings is 2. The van der Waals surface area contributed by atoms with E-state index in [1.54, 1.807) is 20.3 Å². The Morgan fingerprint density at radius 1 is 1.04 bits per heavy atom. The van der Waals surface area contributed by atoms with Crippen LogP contribution in [0, 0.1) is 10.1 Å². The van der Waals surface area contributed by atoms with E-state index in [9.17, 15) is 10.1 Å². The van der Waals surface area contributed by atoms with Crippen molar-refractivity contribution < 1.29 is 19.1 Å². The van der Waals surface area contributed by atoms with Crippen LogP contribution in [0.3, 0.4) is 0 Å². The first kappa shape index (κ1) is 19.8. The van der Waals surface area contributed by atoms with Crippen LogP contribution >= 0.6 is 11.6 Å². The second-order valence-electron chi connectivity index (χ2n) is 5.48. The number of nitrogens with zero attached hydrogens (tertiary/aromatic N) is 1. The molecule has 0 spiro atoms. The molecule has 0 bridgehead atoms. The molecule has 8 heteroatoms. The third kappa shape index (κ3) is 4.77. The van der Waals surface area contributed by atoms with E-state index >= 15 is 0 Å². The molecule has 2 aromatic carbocycles. The summed E-state index contributed by atoms with van der Waals surface area (Å²) in [6.07, 6.45) is 0.603. The lowest BCUT2D eigenvalue weighted by atomic mass is 10.1. The summed E-state index contributed by atoms with van der Waals surface area (Å²) in [7, 11) is 4.62. The van der Waals surface area contributed by atoms with E-state index in [-0.39, 0.29) is 11.4 Å². The number of hydrogen-bond donors (Lipinski definition) is 1. The van der Waals surface area contributed by atoms with Crippen LogP contribution in [0.1, 0.15) is 11.1 Å². The van der Waals surface area contributed by atoms with Gasteiger partial charge in [0, 0.05) is 24.2 Å². The molecule has 0 fully saturated rings. The number of halogens is 1. The molecule has 140 valence electrons. The van der Waals surface area contributed by atoms with Crippen LogP contribution in [-0.4, -0.2) is 32.8 Å². The number of nitro groups is 1. The number of rotatable bonds is 9. The van der Waals surface area contributed by atoms with Crippen LogP contribution in [0.4, 0.5) is 5.69 Å². The average molecular weight is 381 g/mol. The Morgan fingerprint density at radius 2 is 1.77 bits per heavy atom. The lowest BCUT2D eigenvalue weighted by molar-refractivity contribution is -0.385. The summed E-state index contributed by atoms with van der Waals surface area (Å²) in [5.41, 5.74) is 1.64. The lowest BCUT2D eigenvalue weighted by Gasteiger charge is -2.12. The Hall–Kier alpha value is -2.51. The van der Waals surface area contributed by atoms with Gasteiger partial charge in [-0.15, -0.1) is 0 Å². The van der Waals surface area contributed by atoms with Crippen LogP contribution in [0.2, 0.25) is 5.02 Å². The van der Waals surface area contributed by atoms with Gasteiger partial charge in [-0.05, 0) is 30.7 Å². The summed E-state index contributed by atoms with van der Waals surface area (Å²) in [6, 6.07) is 8.57. The Balaban J connectivity index is 1.99. The minimum atomic E-state index is -0.511. The van der Waals surface area contributed by atoms with Crippen molar-refractivity contribution in [3.63, 3.8) is 0 Å². The largest absolute Gasteiger partial charge is 0.497 e. The summed E-state index contributed by atoms with van der Waals surface area (Å²) >= 11 is 6.16. The van der Waals surface area contributed by atoms with Gasteiger partial charge in [0.05, 0.1) is 31.3 Å². The lowest BCUT2D eigenvalue weighted by Crippen LogP contribution is -2.17. The second-order valence-corrected chi connectivity index (χ2v) is 5.88. The van der Waals surface area contributed by atoms with Crippen LogP contribution in [0.5, 0.6) is 17.2 Å². The molecule has 0 aliphatic rings. The molecule has 0 aliphatic heterocycles. The maximum absolute atomic E-state index is 11.0. The highest BCUT2D eigenvalue weighted by molar-refractivity contribution is 6.31. The first-order valence-electron chi connectivity index (χ1n) is 7.92. The molecule has 0 radical (unpaired) electrons. The molecule has 2 aromatic rings. The smallest absolute Gasteiger partial charge is 0.312 e. The van der Waals surface area contributed by atoms with Gasteiger partial charge in [-0.25, -0.2) is 0 Å². The van der Waals surface area contributed by atoms with Gasteiger partial charge < -0.3 is 19.5 Å². The third-order valence-electron chi connectivity index (χ3n) is 3.93. The Morgan fingerprint density at radius 3 is 2.38 bits per heavy atom. The molecule has 0 amide bonds. The van der Waals surface area contributed by atoms with E-state index in [1.165, 1.54) is 13.2 Å². The first-order valence-corrected chi connectivity index (χ1v) is 8.30. The maximum atomic E-state index is 11.0. The van der Waals surface area contributed by atoms with E-state index in [4.69, 9.17) is 25.8 Å². The van der Waals surface area contributed by atoms with E-state index in [1.807, 2.05) is 18.2 Å². The van der Waals surface area contributed by atoms with Crippen molar-refractivity contribution in [1.82, 2.24) is 5.32 Å². The van der Waals surface area contributed by atoms with Crippen LogP contribution in [0.15, 0.2) is 30.3 Å². The third-order valence-corrected chi connectivity index (χ3v) is 4.28. The van der Waals surface area contributed by atoms with Gasteiger partial charge in [0.25, 0.3) is 0 Å². The quantitative estimate of drug-likeness (QED) is 0.406. The summed E-state index contributed by atoms with van der Waals surface area (Å²) in [4.78, 5) is 10.5. The number of ether oxygens (including phenoxy) is 3. The molecule has 0 saturated carbocycles. The van der Waals surface area contributed by atoms with Gasteiger partial charge in [0.15, 0.2) is 5.75 Å². The summed E-state index contributed by atoms with van der Waals surface area (Å²) in [5.74, 6) is 1.67. The minimum Gasteiger partial charge on any atom is -0.497 e. The van der Waals surface area contributed by atoms with Crippen LogP contribution in [-0.2, 0) is 13.0 Å². The predicted molar refractivity (Wildman–Crippen MR) is 99.6 cm³/mol. The molecule has 0 unspecified atom stereocenters. The molecule has 2 rings (SSSR count). The topological polar surface area (TPSA) is 82.9 Å². The normalized spacial score (nSPS) is 10.5. The minimum absolute atomic E-state index is 0.142. The average Bonchev–Trinajstić information content (AvgIpc) is 2.65. The number of methoxy groups -OCH3 is 3. The summed E-state index contributed by atoms with van der Waals surface area (Å²) in [5, 5.41) is 14.7. The van der Waals surface area contributed by atoms with Gasteiger partial charge in [-0.1, -0.05) is 17.7 Å². The van der Waals surface area contributed by atoms with Crippen molar-refractivity contribution >= 4 is 17.3 Å². The van der Waals surface area contributed by atoms with E-state index in [0.717, 1.165) is 22.6 Å². The molecule has 0 heterocycles. The van der Waals surface area contributed by atoms with Gasteiger partial charge >= 0.3 is 5.69 Å². The van der Waals surface area contributed by atoms with E-state index in [0.29, 0.717) is 24.5 Å². The Kier molecular flexibility index (Phi) is 7.06. The van der Waals surface area contributed by atoms with Crippen molar-refractivity contribution in [2.45, 2.75) is 13.0 Å². The molecule has 7 nitrogen and oxygen atoms in total. The van der Waals surface area contributed by atoms with Crippen molar-refractivity contribution in [2.75, 3.05) is 27.9 Å². The molecule has 0 atom stereocenters. The van der Waals surface area contributed by atoms with E-state index in [2.05, 4.69) is 5.32 Å². The zero-order valence-electron chi connectivity index (χ0n) is 14.9. The molecular formula is C18H21ClN2O5. The summed E-state index contributed by atoms with van der Waals surface area (Å²) in [6.45, 7) is 1.24. The van der Waals surface area contributed by atoms with E-state index < -0.39 is 4.92 Å². The van der Waals surface area contributed by atoms with Gasteiger partial charge in [0.1, 0.15) is 11.5 Å². The second kappa shape index (κ2) is 9.26. The van der Waals surface area contributed by atoms with Crippen LogP contribution in [0.25, 0.3) is 0 Å². The Labute approximate surface area is 157 Å². The van der Waals surface area contributed by atoms with Gasteiger partial charge in [0.2, 0.25) is 0 Å². The summed E-state index contributed by atoms with van der Waals surface area (Å²) < 4.78 is 15.6. The number of hydrogen-bond acceptors (Lipinski definition) is 6. The highest BCUT2D eigenvalue weighted by atomic mass is 35.5. The molecule has 1 N–H and O–H groups in total. The van der Waals surface area contributed by atoms with Crippen molar-refractivity contribution in [3.8, 4) is 17.2 Å². The van der Waals surface area contributed by atoms with Crippen molar-refractivity contribution in [1.29, 1.82) is 0 Å². The van der Waals surface area contributed by atoms with Crippen molar-refractivity contribution in [2.24, 2.45) is 0 Å². The van der Waals surface area contributed by atoms with Crippen molar-refractivity contribution in [3.05, 3.63) is 56.6 Å². The molecule has 0 aromatic heterocycles. The fourth-order valence-electron chi connectivity index (χ4n) is 2.53. The zero-order valence-corrected chi connectivity index (χ0v) is 15.6. The maximum Gasteiger partial charge on any atom is 0.312 e. The Bertz CT molecular complexity index is 782. The number of nitrogens with one attached hydrogen (secondary N) is 1. The van der Waals surface area contributed by atoms with Crippen LogP contribution < -0.4 is 19.5 Å². The standard InChI is InChI=1S/C18H21ClN2O5/c1-24-14-5-4-13(17(9-14)25-2)11-20-7-6-12-8-18(26-3)16(21(22)23)10-15(12)19/h4-5,8-10,20H,6-7,11H2,1-3H3. The molecular weight excluding hydrogens is 360 g/mol. The molecule has 0 aliphatic carbocycles. The predicted octanol–water partition coefficient (Wildman–Crippen LogP) is 3.61. The monoisotopic (exact) mass is 380 g/mol. The molecule has 26 heavy (non-hydrogen) atoms. The fourth-order valence-corrected chi connectivity index (χ4v) is 2.78. The van der Waals surface area contributed by atoms with Gasteiger partial charge in [-0.3, -0.25) is 10.1 Å². The highest BCUT2D eigenvalue weighted by Gasteiger charge is 2.18. The highest BCUT2D eigenvalue weighted by Crippen LogP contribution is 2.33. The zero-order chi connectivity index (χ0) is 19.1. The fraction of sp³-hybridized carbons (Fsp3) is 0.333. The van der Waals surface area contributed by atoms with Gasteiger partial charge in [-0.2, -0.15) is 0 Å². The number of nitro benzene ring substituents is 1. The SMILES string of the molecule is COc1ccc(CNCCc2cc(OC)c([N+](=O)[O-])cc2Cl)c(OC)c1. The first-order chi connectivity index (χ1) is 12.5. The molecule has 0 saturated heterocycles.